The van der Waals surface area contributed by atoms with Gasteiger partial charge in [0.2, 0.25) is 5.91 Å². The maximum atomic E-state index is 12.0. The van der Waals surface area contributed by atoms with Crippen LogP contribution in [0.4, 0.5) is 0 Å². The van der Waals surface area contributed by atoms with E-state index in [2.05, 4.69) is 25.6 Å². The molecule has 3 rings (SSSR count). The third-order valence-corrected chi connectivity index (χ3v) is 4.15. The van der Waals surface area contributed by atoms with Crippen LogP contribution >= 0.6 is 0 Å². The van der Waals surface area contributed by atoms with Gasteiger partial charge in [0, 0.05) is 37.1 Å². The molecule has 0 aliphatic carbocycles. The highest BCUT2D eigenvalue weighted by Gasteiger charge is 2.18. The molecule has 1 saturated heterocycles. The minimum absolute atomic E-state index is 0.0238. The molecule has 0 bridgehead atoms. The van der Waals surface area contributed by atoms with Gasteiger partial charge in [0.15, 0.2) is 0 Å². The number of hydrogen-bond donors (Lipinski definition) is 2. The number of hydrogen-bond acceptors (Lipinski definition) is 5. The zero-order valence-corrected chi connectivity index (χ0v) is 14.0. The number of aryl methyl sites for hydroxylation is 2. The van der Waals surface area contributed by atoms with E-state index in [4.69, 9.17) is 0 Å². The van der Waals surface area contributed by atoms with E-state index in [-0.39, 0.29) is 5.91 Å². The number of aromatic nitrogens is 3. The van der Waals surface area contributed by atoms with Crippen LogP contribution in [0.3, 0.4) is 0 Å². The summed E-state index contributed by atoms with van der Waals surface area (Å²) in [5.74, 6) is 0.794. The number of carbonyl (C=O) groups is 1. The molecule has 1 aliphatic heterocycles. The van der Waals surface area contributed by atoms with Gasteiger partial charge in [-0.25, -0.2) is 9.97 Å². The molecule has 0 radical (unpaired) electrons. The van der Waals surface area contributed by atoms with Crippen LogP contribution in [0.25, 0.3) is 0 Å². The third kappa shape index (κ3) is 4.58. The van der Waals surface area contributed by atoms with E-state index in [0.29, 0.717) is 25.4 Å². The summed E-state index contributed by atoms with van der Waals surface area (Å²) in [7, 11) is 0. The van der Waals surface area contributed by atoms with Crippen molar-refractivity contribution in [2.24, 2.45) is 0 Å². The van der Waals surface area contributed by atoms with Crippen molar-refractivity contribution >= 4 is 5.91 Å². The van der Waals surface area contributed by atoms with E-state index < -0.39 is 0 Å². The van der Waals surface area contributed by atoms with E-state index in [1.165, 1.54) is 6.42 Å². The number of pyridine rings is 1. The Morgan fingerprint density at radius 3 is 3.08 bits per heavy atom. The Balaban J connectivity index is 1.53. The summed E-state index contributed by atoms with van der Waals surface area (Å²) in [6, 6.07) is 6.17. The van der Waals surface area contributed by atoms with Gasteiger partial charge in [-0.15, -0.1) is 0 Å². The average molecular weight is 325 g/mol. The van der Waals surface area contributed by atoms with E-state index in [1.54, 1.807) is 12.4 Å². The monoisotopic (exact) mass is 325 g/mol. The first-order valence-corrected chi connectivity index (χ1v) is 8.44. The van der Waals surface area contributed by atoms with Crippen molar-refractivity contribution < 1.29 is 4.79 Å². The predicted molar refractivity (Wildman–Crippen MR) is 91.2 cm³/mol. The highest BCUT2D eigenvalue weighted by molar-refractivity contribution is 5.76. The third-order valence-electron chi connectivity index (χ3n) is 4.15. The summed E-state index contributed by atoms with van der Waals surface area (Å²) in [5.41, 5.74) is 2.98. The molecule has 0 saturated carbocycles. The van der Waals surface area contributed by atoms with Crippen molar-refractivity contribution in [2.75, 3.05) is 6.54 Å². The summed E-state index contributed by atoms with van der Waals surface area (Å²) in [4.78, 5) is 25.1. The molecule has 2 aromatic rings. The lowest BCUT2D eigenvalue weighted by molar-refractivity contribution is -0.121. The molecule has 0 spiro atoms. The second-order valence-electron chi connectivity index (χ2n) is 6.12. The molecule has 24 heavy (non-hydrogen) atoms. The molecule has 2 N–H and O–H groups in total. The molecular weight excluding hydrogens is 302 g/mol. The topological polar surface area (TPSA) is 79.8 Å². The largest absolute Gasteiger partial charge is 0.352 e. The van der Waals surface area contributed by atoms with Crippen molar-refractivity contribution in [3.05, 3.63) is 53.4 Å². The van der Waals surface area contributed by atoms with E-state index in [0.717, 1.165) is 35.7 Å². The van der Waals surface area contributed by atoms with Gasteiger partial charge in [-0.3, -0.25) is 9.78 Å². The van der Waals surface area contributed by atoms with Gasteiger partial charge in [-0.05, 0) is 50.4 Å². The van der Waals surface area contributed by atoms with Crippen LogP contribution in [-0.2, 0) is 17.8 Å². The van der Waals surface area contributed by atoms with Gasteiger partial charge in [0.1, 0.15) is 5.82 Å². The van der Waals surface area contributed by atoms with Crippen molar-refractivity contribution in [1.82, 2.24) is 25.6 Å². The average Bonchev–Trinajstić information content (AvgIpc) is 3.13. The first-order valence-electron chi connectivity index (χ1n) is 8.44. The van der Waals surface area contributed by atoms with Gasteiger partial charge in [-0.1, -0.05) is 6.07 Å². The summed E-state index contributed by atoms with van der Waals surface area (Å²) in [6.45, 7) is 3.46. The fourth-order valence-electron chi connectivity index (χ4n) is 2.93. The molecule has 6 nitrogen and oxygen atoms in total. The molecule has 0 aromatic carbocycles. The maximum Gasteiger partial charge on any atom is 0.220 e. The number of carbonyl (C=O) groups excluding carboxylic acids is 1. The van der Waals surface area contributed by atoms with Crippen LogP contribution in [0, 0.1) is 6.92 Å². The zero-order chi connectivity index (χ0) is 16.8. The molecule has 1 amide bonds. The Kier molecular flexibility index (Phi) is 5.48. The number of nitrogens with one attached hydrogen (secondary N) is 2. The maximum absolute atomic E-state index is 12.0. The smallest absolute Gasteiger partial charge is 0.220 e. The van der Waals surface area contributed by atoms with Crippen molar-refractivity contribution in [3.8, 4) is 0 Å². The SMILES string of the molecule is Cc1nc(CCC(=O)NCc2cccnc2)cc([C@@H]2CCCN2)n1. The van der Waals surface area contributed by atoms with Gasteiger partial charge in [0.25, 0.3) is 0 Å². The van der Waals surface area contributed by atoms with E-state index in [1.807, 2.05) is 25.1 Å². The second-order valence-corrected chi connectivity index (χ2v) is 6.12. The fourth-order valence-corrected chi connectivity index (χ4v) is 2.93. The zero-order valence-electron chi connectivity index (χ0n) is 14.0. The molecule has 3 heterocycles. The van der Waals surface area contributed by atoms with Crippen molar-refractivity contribution in [1.29, 1.82) is 0 Å². The summed E-state index contributed by atoms with van der Waals surface area (Å²) in [5, 5.41) is 6.37. The van der Waals surface area contributed by atoms with Crippen molar-refractivity contribution in [3.63, 3.8) is 0 Å². The summed E-state index contributed by atoms with van der Waals surface area (Å²) in [6.07, 6.45) is 6.83. The lowest BCUT2D eigenvalue weighted by atomic mass is 10.1. The standard InChI is InChI=1S/C18H23N5O/c1-13-22-15(10-17(23-13)16-5-3-9-20-16)6-7-18(24)21-12-14-4-2-8-19-11-14/h2,4,8,10-11,16,20H,3,5-7,9,12H2,1H3,(H,21,24)/t16-/m0/s1. The normalized spacial score (nSPS) is 17.0. The lowest BCUT2D eigenvalue weighted by Crippen LogP contribution is -2.23. The molecule has 126 valence electrons. The predicted octanol–water partition coefficient (Wildman–Crippen LogP) is 1.85. The molecular formula is C18H23N5O. The lowest BCUT2D eigenvalue weighted by Gasteiger charge is -2.12. The molecule has 1 aliphatic rings. The minimum atomic E-state index is 0.0238. The van der Waals surface area contributed by atoms with Gasteiger partial charge in [0.05, 0.1) is 5.69 Å². The van der Waals surface area contributed by atoms with Crippen LogP contribution in [-0.4, -0.2) is 27.4 Å². The Bertz CT molecular complexity index is 683. The van der Waals surface area contributed by atoms with Gasteiger partial charge < -0.3 is 10.6 Å². The number of nitrogens with zero attached hydrogens (tertiary/aromatic N) is 3. The van der Waals surface area contributed by atoms with Crippen LogP contribution in [0.15, 0.2) is 30.6 Å². The molecule has 0 unspecified atom stereocenters. The van der Waals surface area contributed by atoms with Crippen molar-refractivity contribution in [2.45, 2.75) is 45.2 Å². The van der Waals surface area contributed by atoms with Crippen LogP contribution in [0.5, 0.6) is 0 Å². The molecule has 2 aromatic heterocycles. The fraction of sp³-hybridized carbons (Fsp3) is 0.444. The minimum Gasteiger partial charge on any atom is -0.352 e. The number of rotatable bonds is 6. The second kappa shape index (κ2) is 7.97. The summed E-state index contributed by atoms with van der Waals surface area (Å²) >= 11 is 0. The highest BCUT2D eigenvalue weighted by atomic mass is 16.1. The highest BCUT2D eigenvalue weighted by Crippen LogP contribution is 2.22. The van der Waals surface area contributed by atoms with Crippen LogP contribution in [0.1, 0.15) is 48.1 Å². The Morgan fingerprint density at radius 2 is 2.33 bits per heavy atom. The first kappa shape index (κ1) is 16.5. The first-order chi connectivity index (χ1) is 11.7. The molecule has 1 fully saturated rings. The Labute approximate surface area is 142 Å². The van der Waals surface area contributed by atoms with Crippen LogP contribution in [0.2, 0.25) is 0 Å². The van der Waals surface area contributed by atoms with E-state index in [9.17, 15) is 4.79 Å². The Hall–Kier alpha value is -2.34. The van der Waals surface area contributed by atoms with Crippen LogP contribution < -0.4 is 10.6 Å². The molecule has 6 heteroatoms. The van der Waals surface area contributed by atoms with Gasteiger partial charge >= 0.3 is 0 Å². The van der Waals surface area contributed by atoms with Gasteiger partial charge in [-0.2, -0.15) is 0 Å². The van der Waals surface area contributed by atoms with E-state index >= 15 is 0 Å². The Morgan fingerprint density at radius 1 is 1.42 bits per heavy atom. The summed E-state index contributed by atoms with van der Waals surface area (Å²) < 4.78 is 0. The molecule has 1 atom stereocenters. The quantitative estimate of drug-likeness (QED) is 0.847. The number of amides is 1.